The predicted octanol–water partition coefficient (Wildman–Crippen LogP) is 3.34. The maximum absolute atomic E-state index is 12.5. The topological polar surface area (TPSA) is 76.2 Å². The molecule has 0 bridgehead atoms. The molecule has 3 aromatic rings. The van der Waals surface area contributed by atoms with E-state index in [2.05, 4.69) is 15.5 Å². The van der Waals surface area contributed by atoms with Crippen LogP contribution in [-0.2, 0) is 0 Å². The molecule has 1 aliphatic rings. The third-order valence-corrected chi connectivity index (χ3v) is 4.31. The second kappa shape index (κ2) is 6.92. The van der Waals surface area contributed by atoms with Crippen LogP contribution in [0.25, 0.3) is 11.3 Å². The number of benzene rings is 2. The normalized spacial score (nSPS) is 13.9. The number of carbonyl (C=O) groups is 1. The molecule has 2 aromatic carbocycles. The summed E-state index contributed by atoms with van der Waals surface area (Å²) in [7, 11) is 0. The first-order valence-corrected chi connectivity index (χ1v) is 8.52. The number of nitrogens with one attached hydrogen (secondary N) is 2. The molecule has 1 atom stereocenters. The maximum Gasteiger partial charge on any atom is 0.269 e. The van der Waals surface area contributed by atoms with E-state index in [-0.39, 0.29) is 11.9 Å². The summed E-state index contributed by atoms with van der Waals surface area (Å²) in [5.41, 5.74) is 3.07. The van der Waals surface area contributed by atoms with Crippen molar-refractivity contribution in [3.05, 3.63) is 65.9 Å². The summed E-state index contributed by atoms with van der Waals surface area (Å²) in [5, 5.41) is 10.0. The van der Waals surface area contributed by atoms with Gasteiger partial charge in [-0.3, -0.25) is 9.89 Å². The number of ether oxygens (including phenoxy) is 2. The number of H-pyrrole nitrogens is 1. The minimum atomic E-state index is -0.206. The van der Waals surface area contributed by atoms with Crippen LogP contribution in [0.2, 0.25) is 0 Å². The van der Waals surface area contributed by atoms with Gasteiger partial charge in [0.05, 0.1) is 11.7 Å². The van der Waals surface area contributed by atoms with Crippen molar-refractivity contribution in [3.8, 4) is 22.8 Å². The summed E-state index contributed by atoms with van der Waals surface area (Å²) in [5.74, 6) is 1.24. The fraction of sp³-hybridized carbons (Fsp3) is 0.200. The van der Waals surface area contributed by atoms with E-state index in [9.17, 15) is 4.79 Å². The van der Waals surface area contributed by atoms with E-state index in [0.717, 1.165) is 22.6 Å². The highest BCUT2D eigenvalue weighted by molar-refractivity contribution is 5.93. The van der Waals surface area contributed by atoms with Crippen molar-refractivity contribution >= 4 is 5.91 Å². The Morgan fingerprint density at radius 3 is 2.65 bits per heavy atom. The molecule has 2 heterocycles. The van der Waals surface area contributed by atoms with Crippen LogP contribution in [0.15, 0.2) is 54.6 Å². The van der Waals surface area contributed by atoms with E-state index in [1.165, 1.54) is 0 Å². The summed E-state index contributed by atoms with van der Waals surface area (Å²) >= 11 is 0. The number of nitrogens with zero attached hydrogens (tertiary/aromatic N) is 1. The van der Waals surface area contributed by atoms with Gasteiger partial charge in [-0.1, -0.05) is 36.4 Å². The van der Waals surface area contributed by atoms with Gasteiger partial charge in [-0.2, -0.15) is 5.10 Å². The maximum atomic E-state index is 12.5. The van der Waals surface area contributed by atoms with Crippen molar-refractivity contribution in [2.24, 2.45) is 0 Å². The van der Waals surface area contributed by atoms with E-state index >= 15 is 0 Å². The van der Waals surface area contributed by atoms with Crippen molar-refractivity contribution in [2.45, 2.75) is 13.0 Å². The Hall–Kier alpha value is -3.28. The zero-order chi connectivity index (χ0) is 17.9. The standard InChI is InChI=1S/C20H19N3O3/c1-13(15-7-8-18-19(11-15)26-10-9-25-18)21-20(24)17-12-16(22-23-17)14-5-3-2-4-6-14/h2-8,11-13H,9-10H2,1H3,(H,21,24)(H,22,23). The van der Waals surface area contributed by atoms with Crippen LogP contribution in [-0.4, -0.2) is 29.3 Å². The van der Waals surface area contributed by atoms with Crippen molar-refractivity contribution in [2.75, 3.05) is 13.2 Å². The molecule has 26 heavy (non-hydrogen) atoms. The Balaban J connectivity index is 1.47. The first-order valence-electron chi connectivity index (χ1n) is 8.52. The number of aromatic nitrogens is 2. The third-order valence-electron chi connectivity index (χ3n) is 4.31. The summed E-state index contributed by atoms with van der Waals surface area (Å²) in [6, 6.07) is 17.0. The van der Waals surface area contributed by atoms with Gasteiger partial charge in [0.25, 0.3) is 5.91 Å². The Bertz CT molecular complexity index is 921. The average molecular weight is 349 g/mol. The molecule has 0 saturated carbocycles. The third kappa shape index (κ3) is 3.26. The van der Waals surface area contributed by atoms with Gasteiger partial charge in [0.1, 0.15) is 18.9 Å². The monoisotopic (exact) mass is 349 g/mol. The predicted molar refractivity (Wildman–Crippen MR) is 97.3 cm³/mol. The number of aromatic amines is 1. The van der Waals surface area contributed by atoms with Gasteiger partial charge >= 0.3 is 0 Å². The fourth-order valence-electron chi connectivity index (χ4n) is 2.88. The molecule has 132 valence electrons. The largest absolute Gasteiger partial charge is 0.486 e. The SMILES string of the molecule is CC(NC(=O)c1cc(-c2ccccc2)n[nH]1)c1ccc2c(c1)OCCO2. The number of carbonyl (C=O) groups excluding carboxylic acids is 1. The number of hydrogen-bond acceptors (Lipinski definition) is 4. The lowest BCUT2D eigenvalue weighted by Crippen LogP contribution is -2.27. The second-order valence-electron chi connectivity index (χ2n) is 6.13. The van der Waals surface area contributed by atoms with Gasteiger partial charge in [0.15, 0.2) is 11.5 Å². The van der Waals surface area contributed by atoms with Crippen LogP contribution in [0.4, 0.5) is 0 Å². The number of amides is 1. The van der Waals surface area contributed by atoms with Crippen molar-refractivity contribution in [1.82, 2.24) is 15.5 Å². The number of fused-ring (bicyclic) bond motifs is 1. The van der Waals surface area contributed by atoms with Crippen LogP contribution in [0.1, 0.15) is 29.0 Å². The summed E-state index contributed by atoms with van der Waals surface area (Å²) in [6.45, 7) is 3.02. The first-order chi connectivity index (χ1) is 12.7. The van der Waals surface area contributed by atoms with Gasteiger partial charge in [-0.25, -0.2) is 0 Å². The lowest BCUT2D eigenvalue weighted by molar-refractivity contribution is 0.0934. The summed E-state index contributed by atoms with van der Waals surface area (Å²) in [6.07, 6.45) is 0. The van der Waals surface area contributed by atoms with Gasteiger partial charge in [-0.15, -0.1) is 0 Å². The van der Waals surface area contributed by atoms with E-state index < -0.39 is 0 Å². The highest BCUT2D eigenvalue weighted by atomic mass is 16.6. The van der Waals surface area contributed by atoms with Gasteiger partial charge in [0.2, 0.25) is 0 Å². The summed E-state index contributed by atoms with van der Waals surface area (Å²) < 4.78 is 11.1. The Kier molecular flexibility index (Phi) is 4.31. The van der Waals surface area contributed by atoms with Crippen LogP contribution in [0.5, 0.6) is 11.5 Å². The van der Waals surface area contributed by atoms with Crippen LogP contribution >= 0.6 is 0 Å². The molecular formula is C20H19N3O3. The lowest BCUT2D eigenvalue weighted by atomic mass is 10.1. The Morgan fingerprint density at radius 2 is 1.85 bits per heavy atom. The number of rotatable bonds is 4. The Morgan fingerprint density at radius 1 is 1.08 bits per heavy atom. The highest BCUT2D eigenvalue weighted by Crippen LogP contribution is 2.32. The van der Waals surface area contributed by atoms with E-state index in [1.54, 1.807) is 6.07 Å². The molecule has 6 nitrogen and oxygen atoms in total. The van der Waals surface area contributed by atoms with Crippen molar-refractivity contribution < 1.29 is 14.3 Å². The van der Waals surface area contributed by atoms with Crippen molar-refractivity contribution in [3.63, 3.8) is 0 Å². The highest BCUT2D eigenvalue weighted by Gasteiger charge is 2.17. The molecule has 4 rings (SSSR count). The average Bonchev–Trinajstić information content (AvgIpc) is 3.18. The minimum absolute atomic E-state index is 0.179. The fourth-order valence-corrected chi connectivity index (χ4v) is 2.88. The molecule has 0 saturated heterocycles. The zero-order valence-electron chi connectivity index (χ0n) is 14.4. The second-order valence-corrected chi connectivity index (χ2v) is 6.13. The van der Waals surface area contributed by atoms with Gasteiger partial charge in [0, 0.05) is 5.56 Å². The van der Waals surface area contributed by atoms with E-state index in [1.807, 2.05) is 55.5 Å². The van der Waals surface area contributed by atoms with E-state index in [0.29, 0.717) is 24.7 Å². The van der Waals surface area contributed by atoms with Crippen LogP contribution in [0.3, 0.4) is 0 Å². The van der Waals surface area contributed by atoms with Gasteiger partial charge in [-0.05, 0) is 30.7 Å². The number of hydrogen-bond donors (Lipinski definition) is 2. The van der Waals surface area contributed by atoms with Gasteiger partial charge < -0.3 is 14.8 Å². The molecule has 0 fully saturated rings. The molecule has 1 unspecified atom stereocenters. The molecule has 1 aliphatic heterocycles. The minimum Gasteiger partial charge on any atom is -0.486 e. The lowest BCUT2D eigenvalue weighted by Gasteiger charge is -2.21. The molecule has 1 amide bonds. The molecule has 0 aliphatic carbocycles. The molecule has 1 aromatic heterocycles. The molecular weight excluding hydrogens is 330 g/mol. The molecule has 0 spiro atoms. The molecule has 0 radical (unpaired) electrons. The first kappa shape index (κ1) is 16.2. The van der Waals surface area contributed by atoms with Crippen LogP contribution < -0.4 is 14.8 Å². The Labute approximate surface area is 151 Å². The summed E-state index contributed by atoms with van der Waals surface area (Å²) in [4.78, 5) is 12.5. The van der Waals surface area contributed by atoms with E-state index in [4.69, 9.17) is 9.47 Å². The smallest absolute Gasteiger partial charge is 0.269 e. The van der Waals surface area contributed by atoms with Crippen molar-refractivity contribution in [1.29, 1.82) is 0 Å². The molecule has 6 heteroatoms. The molecule has 2 N–H and O–H groups in total. The quantitative estimate of drug-likeness (QED) is 0.757. The van der Waals surface area contributed by atoms with Crippen LogP contribution in [0, 0.1) is 0 Å². The zero-order valence-corrected chi connectivity index (χ0v) is 14.4.